The van der Waals surface area contributed by atoms with Gasteiger partial charge in [0.25, 0.3) is 0 Å². The maximum Gasteiger partial charge on any atom is 0.0471 e. The Morgan fingerprint density at radius 2 is 2.00 bits per heavy atom. The Bertz CT molecular complexity index is 499. The third-order valence-electron chi connectivity index (χ3n) is 5.05. The molecule has 2 heterocycles. The van der Waals surface area contributed by atoms with Gasteiger partial charge in [0.05, 0.1) is 0 Å². The highest BCUT2D eigenvalue weighted by Gasteiger charge is 2.33. The van der Waals surface area contributed by atoms with Crippen LogP contribution in [-0.4, -0.2) is 37.6 Å². The molecular weight excluding hydrogens is 282 g/mol. The summed E-state index contributed by atoms with van der Waals surface area (Å²) in [7, 11) is 0. The number of hydrogen-bond acceptors (Lipinski definition) is 3. The van der Waals surface area contributed by atoms with E-state index >= 15 is 0 Å². The lowest BCUT2D eigenvalue weighted by Crippen LogP contribution is -2.31. The van der Waals surface area contributed by atoms with E-state index in [0.717, 1.165) is 44.3 Å². The molecule has 0 saturated carbocycles. The third kappa shape index (κ3) is 3.20. The molecule has 2 N–H and O–H groups in total. The standard InChI is InChI=1S/C17H26ClN3/c1-17(12-19)7-10-20(13-17)11-14-15(18)5-4-6-16(14)21-8-2-3-9-21/h4-6H,2-3,7-13,19H2,1H3. The van der Waals surface area contributed by atoms with E-state index in [9.17, 15) is 0 Å². The molecule has 0 aliphatic carbocycles. The molecule has 21 heavy (non-hydrogen) atoms. The predicted octanol–water partition coefficient (Wildman–Crippen LogP) is 3.11. The first-order valence-electron chi connectivity index (χ1n) is 8.06. The van der Waals surface area contributed by atoms with Gasteiger partial charge in [-0.05, 0) is 49.9 Å². The fourth-order valence-electron chi connectivity index (χ4n) is 3.61. The average Bonchev–Trinajstić information content (AvgIpc) is 3.12. The first-order valence-corrected chi connectivity index (χ1v) is 8.44. The van der Waals surface area contributed by atoms with Crippen molar-refractivity contribution in [2.75, 3.05) is 37.6 Å². The van der Waals surface area contributed by atoms with Gasteiger partial charge in [-0.3, -0.25) is 4.90 Å². The molecule has 2 saturated heterocycles. The summed E-state index contributed by atoms with van der Waals surface area (Å²) in [6.07, 6.45) is 3.77. The van der Waals surface area contributed by atoms with Gasteiger partial charge in [0.2, 0.25) is 0 Å². The highest BCUT2D eigenvalue weighted by molar-refractivity contribution is 6.31. The van der Waals surface area contributed by atoms with Gasteiger partial charge in [-0.1, -0.05) is 24.6 Å². The molecule has 2 aliphatic heterocycles. The second-order valence-electron chi connectivity index (χ2n) is 6.91. The van der Waals surface area contributed by atoms with E-state index in [1.165, 1.54) is 30.5 Å². The second-order valence-corrected chi connectivity index (χ2v) is 7.31. The average molecular weight is 308 g/mol. The normalized spacial score (nSPS) is 26.7. The Labute approximate surface area is 133 Å². The van der Waals surface area contributed by atoms with Crippen molar-refractivity contribution in [3.63, 3.8) is 0 Å². The van der Waals surface area contributed by atoms with E-state index in [0.29, 0.717) is 0 Å². The lowest BCUT2D eigenvalue weighted by molar-refractivity contribution is 0.274. The van der Waals surface area contributed by atoms with E-state index < -0.39 is 0 Å². The van der Waals surface area contributed by atoms with Crippen LogP contribution in [0, 0.1) is 5.41 Å². The summed E-state index contributed by atoms with van der Waals surface area (Å²) >= 11 is 6.51. The molecule has 0 radical (unpaired) electrons. The van der Waals surface area contributed by atoms with E-state index in [4.69, 9.17) is 17.3 Å². The lowest BCUT2D eigenvalue weighted by atomic mass is 9.90. The number of anilines is 1. The van der Waals surface area contributed by atoms with Crippen LogP contribution in [0.25, 0.3) is 0 Å². The summed E-state index contributed by atoms with van der Waals surface area (Å²) in [6, 6.07) is 6.33. The molecule has 3 nitrogen and oxygen atoms in total. The maximum absolute atomic E-state index is 6.51. The van der Waals surface area contributed by atoms with Crippen LogP contribution in [0.2, 0.25) is 5.02 Å². The molecule has 1 aromatic rings. The Balaban J connectivity index is 1.79. The van der Waals surface area contributed by atoms with Crippen molar-refractivity contribution < 1.29 is 0 Å². The zero-order valence-electron chi connectivity index (χ0n) is 12.9. The number of nitrogens with zero attached hydrogens (tertiary/aromatic N) is 2. The molecule has 1 atom stereocenters. The van der Waals surface area contributed by atoms with Crippen molar-refractivity contribution in [2.45, 2.75) is 32.7 Å². The van der Waals surface area contributed by atoms with Gasteiger partial charge in [-0.25, -0.2) is 0 Å². The molecule has 1 unspecified atom stereocenters. The summed E-state index contributed by atoms with van der Waals surface area (Å²) in [6.45, 7) is 8.53. The van der Waals surface area contributed by atoms with E-state index in [1.807, 2.05) is 6.07 Å². The highest BCUT2D eigenvalue weighted by atomic mass is 35.5. The topological polar surface area (TPSA) is 32.5 Å². The van der Waals surface area contributed by atoms with Crippen molar-refractivity contribution in [1.29, 1.82) is 0 Å². The Morgan fingerprint density at radius 3 is 2.67 bits per heavy atom. The second kappa shape index (κ2) is 6.15. The van der Waals surface area contributed by atoms with E-state index in [-0.39, 0.29) is 5.41 Å². The van der Waals surface area contributed by atoms with Crippen molar-refractivity contribution in [3.8, 4) is 0 Å². The van der Waals surface area contributed by atoms with Gasteiger partial charge in [0, 0.05) is 42.5 Å². The van der Waals surface area contributed by atoms with Crippen LogP contribution in [-0.2, 0) is 6.54 Å². The first kappa shape index (κ1) is 15.1. The van der Waals surface area contributed by atoms with Crippen molar-refractivity contribution in [2.24, 2.45) is 11.1 Å². The molecule has 0 amide bonds. The van der Waals surface area contributed by atoms with Crippen LogP contribution in [0.5, 0.6) is 0 Å². The van der Waals surface area contributed by atoms with Crippen molar-refractivity contribution in [3.05, 3.63) is 28.8 Å². The van der Waals surface area contributed by atoms with Crippen molar-refractivity contribution in [1.82, 2.24) is 4.90 Å². The molecule has 2 aliphatic rings. The fourth-order valence-corrected chi connectivity index (χ4v) is 3.84. The molecule has 0 bridgehead atoms. The van der Waals surface area contributed by atoms with Crippen LogP contribution >= 0.6 is 11.6 Å². The molecule has 0 aromatic heterocycles. The molecule has 3 rings (SSSR count). The van der Waals surface area contributed by atoms with Crippen LogP contribution in [0.3, 0.4) is 0 Å². The Morgan fingerprint density at radius 1 is 1.24 bits per heavy atom. The number of halogens is 1. The minimum Gasteiger partial charge on any atom is -0.371 e. The summed E-state index contributed by atoms with van der Waals surface area (Å²) in [5, 5.41) is 0.903. The number of rotatable bonds is 4. The minimum absolute atomic E-state index is 0.273. The zero-order chi connectivity index (χ0) is 14.9. The van der Waals surface area contributed by atoms with Crippen LogP contribution in [0.15, 0.2) is 18.2 Å². The van der Waals surface area contributed by atoms with Crippen LogP contribution in [0.1, 0.15) is 31.7 Å². The van der Waals surface area contributed by atoms with Gasteiger partial charge in [-0.15, -0.1) is 0 Å². The Kier molecular flexibility index (Phi) is 4.43. The first-order chi connectivity index (χ1) is 10.1. The fraction of sp³-hybridized carbons (Fsp3) is 0.647. The molecule has 4 heteroatoms. The van der Waals surface area contributed by atoms with Gasteiger partial charge < -0.3 is 10.6 Å². The largest absolute Gasteiger partial charge is 0.371 e. The van der Waals surface area contributed by atoms with E-state index in [2.05, 4.69) is 28.9 Å². The smallest absolute Gasteiger partial charge is 0.0471 e. The molecule has 0 spiro atoms. The summed E-state index contributed by atoms with van der Waals surface area (Å²) in [4.78, 5) is 4.99. The predicted molar refractivity (Wildman–Crippen MR) is 90.0 cm³/mol. The summed E-state index contributed by atoms with van der Waals surface area (Å²) in [5.41, 5.74) is 8.82. The van der Waals surface area contributed by atoms with Gasteiger partial charge in [-0.2, -0.15) is 0 Å². The molecule has 2 fully saturated rings. The van der Waals surface area contributed by atoms with Gasteiger partial charge in [0.1, 0.15) is 0 Å². The maximum atomic E-state index is 6.51. The van der Waals surface area contributed by atoms with E-state index in [1.54, 1.807) is 0 Å². The quantitative estimate of drug-likeness (QED) is 0.927. The summed E-state index contributed by atoms with van der Waals surface area (Å²) in [5.74, 6) is 0. The highest BCUT2D eigenvalue weighted by Crippen LogP contribution is 2.34. The number of hydrogen-bond donors (Lipinski definition) is 1. The summed E-state index contributed by atoms with van der Waals surface area (Å²) < 4.78 is 0. The van der Waals surface area contributed by atoms with Crippen molar-refractivity contribution >= 4 is 17.3 Å². The number of likely N-dealkylation sites (tertiary alicyclic amines) is 1. The third-order valence-corrected chi connectivity index (χ3v) is 5.41. The lowest BCUT2D eigenvalue weighted by Gasteiger charge is -2.26. The number of benzene rings is 1. The molecule has 1 aromatic carbocycles. The van der Waals surface area contributed by atoms with Crippen LogP contribution in [0.4, 0.5) is 5.69 Å². The zero-order valence-corrected chi connectivity index (χ0v) is 13.7. The molecular formula is C17H26ClN3. The van der Waals surface area contributed by atoms with Crippen LogP contribution < -0.4 is 10.6 Å². The van der Waals surface area contributed by atoms with Gasteiger partial charge in [0.15, 0.2) is 0 Å². The van der Waals surface area contributed by atoms with Gasteiger partial charge >= 0.3 is 0 Å². The minimum atomic E-state index is 0.273. The number of nitrogens with two attached hydrogens (primary N) is 1. The Hall–Kier alpha value is -0.770. The SMILES string of the molecule is CC1(CN)CCN(Cc2c(Cl)cccc2N2CCCC2)C1. The monoisotopic (exact) mass is 307 g/mol. The molecule has 116 valence electrons.